The fourth-order valence-electron chi connectivity index (χ4n) is 2.28. The highest BCUT2D eigenvalue weighted by molar-refractivity contribution is 5.98. The van der Waals surface area contributed by atoms with Gasteiger partial charge in [0.05, 0.1) is 19.8 Å². The summed E-state index contributed by atoms with van der Waals surface area (Å²) >= 11 is 0. The Balaban J connectivity index is 2.17. The Morgan fingerprint density at radius 1 is 0.917 bits per heavy atom. The molecule has 0 saturated heterocycles. The van der Waals surface area contributed by atoms with E-state index in [1.54, 1.807) is 37.4 Å². The quantitative estimate of drug-likeness (QED) is 0.395. The molecule has 6 heteroatoms. The number of rotatable bonds is 5. The Labute approximate surface area is 140 Å². The van der Waals surface area contributed by atoms with Gasteiger partial charge in [-0.2, -0.15) is 0 Å². The second-order valence-corrected chi connectivity index (χ2v) is 5.30. The van der Waals surface area contributed by atoms with Crippen LogP contribution in [0.4, 0.5) is 0 Å². The molecule has 0 fully saturated rings. The fourth-order valence-corrected chi connectivity index (χ4v) is 2.28. The van der Waals surface area contributed by atoms with Gasteiger partial charge in [-0.1, -0.05) is 22.3 Å². The van der Waals surface area contributed by atoms with E-state index in [0.29, 0.717) is 22.6 Å². The number of benzene rings is 2. The van der Waals surface area contributed by atoms with Gasteiger partial charge in [-0.05, 0) is 44.2 Å². The molecular formula is C18H20N2O4. The van der Waals surface area contributed by atoms with Crippen molar-refractivity contribution in [3.63, 3.8) is 0 Å². The third-order valence-electron chi connectivity index (χ3n) is 3.36. The Morgan fingerprint density at radius 2 is 1.54 bits per heavy atom. The number of nitrogens with zero attached hydrogens (tertiary/aromatic N) is 1. The Morgan fingerprint density at radius 3 is 2.12 bits per heavy atom. The van der Waals surface area contributed by atoms with E-state index in [2.05, 4.69) is 5.16 Å². The zero-order valence-electron chi connectivity index (χ0n) is 14.1. The van der Waals surface area contributed by atoms with Gasteiger partial charge in [-0.25, -0.2) is 4.79 Å². The first kappa shape index (κ1) is 17.3. The minimum Gasteiger partial charge on any atom is -0.493 e. The SMILES string of the molecule is COc1ccc(C(N)=NOC(=O)c2cc(C)cc(C)c2)cc1OC. The van der Waals surface area contributed by atoms with Crippen molar-refractivity contribution < 1.29 is 19.1 Å². The summed E-state index contributed by atoms with van der Waals surface area (Å²) in [5.41, 5.74) is 8.80. The lowest BCUT2D eigenvalue weighted by Crippen LogP contribution is -2.15. The topological polar surface area (TPSA) is 83.1 Å². The Hall–Kier alpha value is -3.02. The lowest BCUT2D eigenvalue weighted by molar-refractivity contribution is 0.0516. The van der Waals surface area contributed by atoms with Crippen molar-refractivity contribution in [2.75, 3.05) is 14.2 Å². The van der Waals surface area contributed by atoms with E-state index in [1.165, 1.54) is 7.11 Å². The predicted molar refractivity (Wildman–Crippen MR) is 91.6 cm³/mol. The van der Waals surface area contributed by atoms with Gasteiger partial charge in [-0.3, -0.25) is 0 Å². The average molecular weight is 328 g/mol. The van der Waals surface area contributed by atoms with E-state index in [1.807, 2.05) is 19.9 Å². The van der Waals surface area contributed by atoms with Crippen LogP contribution in [0.3, 0.4) is 0 Å². The molecule has 2 rings (SSSR count). The van der Waals surface area contributed by atoms with Crippen LogP contribution in [-0.4, -0.2) is 26.0 Å². The third-order valence-corrected chi connectivity index (χ3v) is 3.36. The molecule has 0 radical (unpaired) electrons. The van der Waals surface area contributed by atoms with Crippen LogP contribution in [0, 0.1) is 13.8 Å². The average Bonchev–Trinajstić information content (AvgIpc) is 2.57. The predicted octanol–water partition coefficient (Wildman–Crippen LogP) is 2.80. The standard InChI is InChI=1S/C18H20N2O4/c1-11-7-12(2)9-14(8-11)18(21)24-20-17(19)13-5-6-15(22-3)16(10-13)23-4/h5-10H,1-4H3,(H2,19,20). The molecule has 2 N–H and O–H groups in total. The summed E-state index contributed by atoms with van der Waals surface area (Å²) in [5, 5.41) is 3.71. The highest BCUT2D eigenvalue weighted by Crippen LogP contribution is 2.27. The summed E-state index contributed by atoms with van der Waals surface area (Å²) in [6, 6.07) is 10.5. The van der Waals surface area contributed by atoms with E-state index in [-0.39, 0.29) is 5.84 Å². The molecule has 0 unspecified atom stereocenters. The van der Waals surface area contributed by atoms with Gasteiger partial charge >= 0.3 is 5.97 Å². The first-order valence-corrected chi connectivity index (χ1v) is 7.30. The van der Waals surface area contributed by atoms with Gasteiger partial charge in [0.25, 0.3) is 0 Å². The van der Waals surface area contributed by atoms with Crippen LogP contribution in [-0.2, 0) is 4.84 Å². The van der Waals surface area contributed by atoms with Crippen molar-refractivity contribution in [2.45, 2.75) is 13.8 Å². The molecule has 0 atom stereocenters. The molecule has 0 heterocycles. The maximum atomic E-state index is 12.1. The van der Waals surface area contributed by atoms with Crippen molar-refractivity contribution in [1.29, 1.82) is 0 Å². The van der Waals surface area contributed by atoms with E-state index in [9.17, 15) is 4.79 Å². The summed E-state index contributed by atoms with van der Waals surface area (Å²) in [7, 11) is 3.07. The summed E-state index contributed by atoms with van der Waals surface area (Å²) in [5.74, 6) is 0.578. The van der Waals surface area contributed by atoms with Crippen LogP contribution < -0.4 is 15.2 Å². The molecule has 126 valence electrons. The van der Waals surface area contributed by atoms with Crippen molar-refractivity contribution >= 4 is 11.8 Å². The summed E-state index contributed by atoms with van der Waals surface area (Å²) in [4.78, 5) is 17.0. The molecule has 0 aromatic heterocycles. The highest BCUT2D eigenvalue weighted by Gasteiger charge is 2.11. The van der Waals surface area contributed by atoms with Crippen molar-refractivity contribution in [3.8, 4) is 11.5 Å². The molecule has 24 heavy (non-hydrogen) atoms. The number of amidine groups is 1. The molecule has 0 aliphatic heterocycles. The smallest absolute Gasteiger partial charge is 0.365 e. The zero-order valence-corrected chi connectivity index (χ0v) is 14.1. The first-order valence-electron chi connectivity index (χ1n) is 7.30. The molecule has 0 bridgehead atoms. The number of nitrogens with two attached hydrogens (primary N) is 1. The minimum absolute atomic E-state index is 0.0636. The maximum Gasteiger partial charge on any atom is 0.365 e. The minimum atomic E-state index is -0.565. The molecular weight excluding hydrogens is 308 g/mol. The van der Waals surface area contributed by atoms with Gasteiger partial charge in [0.15, 0.2) is 17.3 Å². The van der Waals surface area contributed by atoms with Gasteiger partial charge in [0, 0.05) is 5.56 Å². The number of ether oxygens (including phenoxy) is 2. The summed E-state index contributed by atoms with van der Waals surface area (Å²) < 4.78 is 10.4. The van der Waals surface area contributed by atoms with Crippen LogP contribution in [0.2, 0.25) is 0 Å². The monoisotopic (exact) mass is 328 g/mol. The number of methoxy groups -OCH3 is 2. The zero-order chi connectivity index (χ0) is 17.7. The van der Waals surface area contributed by atoms with Gasteiger partial charge in [0.2, 0.25) is 0 Å². The normalized spacial score (nSPS) is 11.1. The molecule has 2 aromatic carbocycles. The van der Waals surface area contributed by atoms with E-state index in [4.69, 9.17) is 20.0 Å². The van der Waals surface area contributed by atoms with Gasteiger partial charge < -0.3 is 20.0 Å². The number of hydrogen-bond donors (Lipinski definition) is 1. The molecule has 0 spiro atoms. The van der Waals surface area contributed by atoms with Crippen LogP contribution in [0.25, 0.3) is 0 Å². The van der Waals surface area contributed by atoms with Crippen molar-refractivity contribution in [2.24, 2.45) is 10.9 Å². The summed E-state index contributed by atoms with van der Waals surface area (Å²) in [6.07, 6.45) is 0. The van der Waals surface area contributed by atoms with Crippen LogP contribution >= 0.6 is 0 Å². The van der Waals surface area contributed by atoms with E-state index >= 15 is 0 Å². The molecule has 0 aliphatic rings. The van der Waals surface area contributed by atoms with Crippen LogP contribution in [0.15, 0.2) is 41.6 Å². The maximum absolute atomic E-state index is 12.1. The number of aryl methyl sites for hydroxylation is 2. The number of hydrogen-bond acceptors (Lipinski definition) is 5. The van der Waals surface area contributed by atoms with Crippen LogP contribution in [0.1, 0.15) is 27.0 Å². The number of carbonyl (C=O) groups excluding carboxylic acids is 1. The number of carbonyl (C=O) groups is 1. The van der Waals surface area contributed by atoms with Gasteiger partial charge in [-0.15, -0.1) is 0 Å². The first-order chi connectivity index (χ1) is 11.4. The summed E-state index contributed by atoms with van der Waals surface area (Å²) in [6.45, 7) is 3.82. The van der Waals surface area contributed by atoms with Crippen LogP contribution in [0.5, 0.6) is 11.5 Å². The largest absolute Gasteiger partial charge is 0.493 e. The molecule has 2 aromatic rings. The van der Waals surface area contributed by atoms with E-state index in [0.717, 1.165) is 11.1 Å². The van der Waals surface area contributed by atoms with Crippen molar-refractivity contribution in [1.82, 2.24) is 0 Å². The Kier molecular flexibility index (Phi) is 5.42. The molecule has 0 amide bonds. The second kappa shape index (κ2) is 7.50. The molecule has 6 nitrogen and oxygen atoms in total. The highest BCUT2D eigenvalue weighted by atomic mass is 16.7. The molecule has 0 aliphatic carbocycles. The third kappa shape index (κ3) is 4.04. The number of oxime groups is 1. The van der Waals surface area contributed by atoms with E-state index < -0.39 is 5.97 Å². The Bertz CT molecular complexity index is 764. The second-order valence-electron chi connectivity index (χ2n) is 5.30. The molecule has 0 saturated carbocycles. The lowest BCUT2D eigenvalue weighted by Gasteiger charge is -2.09. The fraction of sp³-hybridized carbons (Fsp3) is 0.222. The van der Waals surface area contributed by atoms with Gasteiger partial charge in [0.1, 0.15) is 0 Å². The van der Waals surface area contributed by atoms with Crippen molar-refractivity contribution in [3.05, 3.63) is 58.7 Å². The lowest BCUT2D eigenvalue weighted by atomic mass is 10.1.